The molecular formula is C13H11BrO4S. The van der Waals surface area contributed by atoms with Gasteiger partial charge in [-0.25, -0.2) is 13.2 Å². The monoisotopic (exact) mass is 342 g/mol. The first kappa shape index (κ1) is 14.0. The quantitative estimate of drug-likeness (QED) is 0.841. The van der Waals surface area contributed by atoms with Gasteiger partial charge in [-0.2, -0.15) is 0 Å². The average molecular weight is 343 g/mol. The molecular weight excluding hydrogens is 332 g/mol. The van der Waals surface area contributed by atoms with Crippen LogP contribution in [0.3, 0.4) is 0 Å². The van der Waals surface area contributed by atoms with Gasteiger partial charge in [0.1, 0.15) is 5.76 Å². The van der Waals surface area contributed by atoms with E-state index >= 15 is 0 Å². The van der Waals surface area contributed by atoms with E-state index in [9.17, 15) is 13.2 Å². The molecule has 0 N–H and O–H groups in total. The van der Waals surface area contributed by atoms with Crippen molar-refractivity contribution in [3.05, 3.63) is 50.8 Å². The van der Waals surface area contributed by atoms with Gasteiger partial charge in [0.05, 0.1) is 4.90 Å². The molecule has 2 aromatic rings. The van der Waals surface area contributed by atoms with Crippen LogP contribution in [-0.2, 0) is 9.84 Å². The Morgan fingerprint density at radius 3 is 2.47 bits per heavy atom. The van der Waals surface area contributed by atoms with Crippen molar-refractivity contribution in [3.8, 4) is 11.3 Å². The van der Waals surface area contributed by atoms with Gasteiger partial charge in [0.2, 0.25) is 0 Å². The predicted octanol–water partition coefficient (Wildman–Crippen LogP) is 2.78. The molecule has 0 bridgehead atoms. The van der Waals surface area contributed by atoms with Gasteiger partial charge in [0.25, 0.3) is 0 Å². The summed E-state index contributed by atoms with van der Waals surface area (Å²) >= 11 is 3.32. The third kappa shape index (κ3) is 2.96. The van der Waals surface area contributed by atoms with E-state index in [0.717, 1.165) is 16.8 Å². The summed E-state index contributed by atoms with van der Waals surface area (Å²) in [6.07, 6.45) is 1.07. The first-order chi connectivity index (χ1) is 8.79. The number of hydrogen-bond donors (Lipinski definition) is 0. The first-order valence-electron chi connectivity index (χ1n) is 5.40. The highest BCUT2D eigenvalue weighted by Gasteiger charge is 2.18. The Labute approximate surface area is 119 Å². The summed E-state index contributed by atoms with van der Waals surface area (Å²) in [6.45, 7) is 1.62. The summed E-state index contributed by atoms with van der Waals surface area (Å²) in [6, 6.07) is 8.13. The third-order valence-corrected chi connectivity index (χ3v) is 4.36. The van der Waals surface area contributed by atoms with Crippen molar-refractivity contribution in [1.82, 2.24) is 0 Å². The number of hydrogen-bond acceptors (Lipinski definition) is 4. The minimum atomic E-state index is -3.47. The highest BCUT2D eigenvalue weighted by atomic mass is 79.9. The Hall–Kier alpha value is -1.40. The highest BCUT2D eigenvalue weighted by molar-refractivity contribution is 9.10. The molecule has 19 heavy (non-hydrogen) atoms. The fourth-order valence-corrected chi connectivity index (χ4v) is 3.18. The number of sulfone groups is 1. The zero-order valence-corrected chi connectivity index (χ0v) is 12.7. The Kier molecular flexibility index (Phi) is 3.64. The maximum atomic E-state index is 11.7. The second kappa shape index (κ2) is 4.94. The van der Waals surface area contributed by atoms with Crippen molar-refractivity contribution in [3.63, 3.8) is 0 Å². The zero-order valence-electron chi connectivity index (χ0n) is 10.3. The molecule has 0 saturated carbocycles. The summed E-state index contributed by atoms with van der Waals surface area (Å²) < 4.78 is 29.3. The molecule has 0 aliphatic carbocycles. The molecule has 0 atom stereocenters. The maximum Gasteiger partial charge on any atom is 0.337 e. The summed E-state index contributed by atoms with van der Waals surface area (Å²) in [4.78, 5) is 11.5. The fourth-order valence-electron chi connectivity index (χ4n) is 1.82. The molecule has 0 fully saturated rings. The van der Waals surface area contributed by atoms with E-state index in [1.54, 1.807) is 25.1 Å². The Balaban J connectivity index is 2.79. The molecule has 0 aliphatic rings. The molecule has 0 spiro atoms. The van der Waals surface area contributed by atoms with Gasteiger partial charge >= 0.3 is 5.63 Å². The van der Waals surface area contributed by atoms with E-state index < -0.39 is 15.5 Å². The standard InChI is InChI=1S/C13H11BrO4S/c1-8-11(19(2,16)17)7-12(15)18-13(8)9-4-3-5-10(14)6-9/h3-7H,1-2H3. The van der Waals surface area contributed by atoms with Gasteiger partial charge < -0.3 is 4.42 Å². The van der Waals surface area contributed by atoms with Gasteiger partial charge in [-0.1, -0.05) is 28.1 Å². The lowest BCUT2D eigenvalue weighted by Gasteiger charge is -2.08. The molecule has 2 rings (SSSR count). The lowest BCUT2D eigenvalue weighted by molar-refractivity contribution is 0.514. The maximum absolute atomic E-state index is 11.7. The molecule has 0 unspecified atom stereocenters. The van der Waals surface area contributed by atoms with Crippen LogP contribution in [0.2, 0.25) is 0 Å². The molecule has 0 aliphatic heterocycles. The smallest absolute Gasteiger partial charge is 0.337 e. The zero-order chi connectivity index (χ0) is 14.2. The molecule has 100 valence electrons. The summed E-state index contributed by atoms with van der Waals surface area (Å²) in [7, 11) is -3.47. The topological polar surface area (TPSA) is 64.3 Å². The van der Waals surface area contributed by atoms with Gasteiger partial charge in [-0.05, 0) is 19.1 Å². The molecule has 4 nitrogen and oxygen atoms in total. The number of benzene rings is 1. The molecule has 1 heterocycles. The molecule has 1 aromatic carbocycles. The van der Waals surface area contributed by atoms with Crippen LogP contribution >= 0.6 is 15.9 Å². The predicted molar refractivity (Wildman–Crippen MR) is 76.0 cm³/mol. The van der Waals surface area contributed by atoms with E-state index in [2.05, 4.69) is 15.9 Å². The Morgan fingerprint density at radius 2 is 1.89 bits per heavy atom. The normalized spacial score (nSPS) is 11.5. The van der Waals surface area contributed by atoms with Gasteiger partial charge in [-0.3, -0.25) is 0 Å². The van der Waals surface area contributed by atoms with E-state index in [-0.39, 0.29) is 10.7 Å². The van der Waals surface area contributed by atoms with E-state index in [1.807, 2.05) is 6.07 Å². The Morgan fingerprint density at radius 1 is 1.21 bits per heavy atom. The van der Waals surface area contributed by atoms with Crippen LogP contribution in [-0.4, -0.2) is 14.7 Å². The van der Waals surface area contributed by atoms with Crippen molar-refractivity contribution in [2.45, 2.75) is 11.8 Å². The van der Waals surface area contributed by atoms with Gasteiger partial charge in [0, 0.05) is 27.9 Å². The van der Waals surface area contributed by atoms with Crippen LogP contribution in [0.15, 0.2) is 48.9 Å². The summed E-state index contributed by atoms with van der Waals surface area (Å²) in [5, 5.41) is 0. The number of rotatable bonds is 2. The molecule has 0 radical (unpaired) electrons. The van der Waals surface area contributed by atoms with Crippen LogP contribution in [0, 0.1) is 6.92 Å². The highest BCUT2D eigenvalue weighted by Crippen LogP contribution is 2.28. The Bertz CT molecular complexity index is 791. The van der Waals surface area contributed by atoms with Crippen molar-refractivity contribution in [2.24, 2.45) is 0 Å². The van der Waals surface area contributed by atoms with Gasteiger partial charge in [-0.15, -0.1) is 0 Å². The summed E-state index contributed by atoms with van der Waals surface area (Å²) in [5.74, 6) is 0.272. The minimum Gasteiger partial charge on any atom is -0.422 e. The molecule has 0 amide bonds. The third-order valence-electron chi connectivity index (χ3n) is 2.65. The van der Waals surface area contributed by atoms with Crippen LogP contribution in [0.25, 0.3) is 11.3 Å². The number of halogens is 1. The van der Waals surface area contributed by atoms with Crippen molar-refractivity contribution in [1.29, 1.82) is 0 Å². The molecule has 6 heteroatoms. The van der Waals surface area contributed by atoms with E-state index in [4.69, 9.17) is 4.42 Å². The lowest BCUT2D eigenvalue weighted by Crippen LogP contribution is -2.08. The minimum absolute atomic E-state index is 0.00118. The van der Waals surface area contributed by atoms with Gasteiger partial charge in [0.15, 0.2) is 9.84 Å². The lowest BCUT2D eigenvalue weighted by atomic mass is 10.1. The second-order valence-electron chi connectivity index (χ2n) is 4.17. The van der Waals surface area contributed by atoms with Crippen LogP contribution < -0.4 is 5.63 Å². The van der Waals surface area contributed by atoms with E-state index in [0.29, 0.717) is 11.1 Å². The fraction of sp³-hybridized carbons (Fsp3) is 0.154. The average Bonchev–Trinajstić information content (AvgIpc) is 2.30. The van der Waals surface area contributed by atoms with Crippen molar-refractivity contribution in [2.75, 3.05) is 6.26 Å². The second-order valence-corrected chi connectivity index (χ2v) is 7.07. The largest absolute Gasteiger partial charge is 0.422 e. The SMILES string of the molecule is Cc1c(S(C)(=O)=O)cc(=O)oc1-c1cccc(Br)c1. The van der Waals surface area contributed by atoms with Crippen molar-refractivity contribution >= 4 is 25.8 Å². The van der Waals surface area contributed by atoms with Crippen LogP contribution in [0.1, 0.15) is 5.56 Å². The summed E-state index contributed by atoms with van der Waals surface area (Å²) in [5.41, 5.74) is 0.399. The van der Waals surface area contributed by atoms with Crippen molar-refractivity contribution < 1.29 is 12.8 Å². The van der Waals surface area contributed by atoms with Crippen LogP contribution in [0.4, 0.5) is 0 Å². The van der Waals surface area contributed by atoms with E-state index in [1.165, 1.54) is 0 Å². The molecule has 0 saturated heterocycles. The van der Waals surface area contributed by atoms with Crippen LogP contribution in [0.5, 0.6) is 0 Å². The molecule has 1 aromatic heterocycles. The first-order valence-corrected chi connectivity index (χ1v) is 8.08.